The summed E-state index contributed by atoms with van der Waals surface area (Å²) in [5.41, 5.74) is 4.37. The Morgan fingerprint density at radius 2 is 1.55 bits per heavy atom. The molecule has 106 valence electrons. The van der Waals surface area contributed by atoms with Crippen molar-refractivity contribution < 1.29 is 8.78 Å². The number of rotatable bonds is 3. The second-order valence-electron chi connectivity index (χ2n) is 5.16. The van der Waals surface area contributed by atoms with Crippen molar-refractivity contribution in [2.45, 2.75) is 26.8 Å². The second kappa shape index (κ2) is 5.71. The first-order valence-corrected chi connectivity index (χ1v) is 6.68. The predicted molar refractivity (Wildman–Crippen MR) is 78.7 cm³/mol. The summed E-state index contributed by atoms with van der Waals surface area (Å²) >= 11 is 0. The Balaban J connectivity index is 2.72. The van der Waals surface area contributed by atoms with E-state index >= 15 is 0 Å². The average molecular weight is 275 g/mol. The number of hydrogen-bond donors (Lipinski definition) is 1. The van der Waals surface area contributed by atoms with E-state index in [1.165, 1.54) is 24.3 Å². The Hall–Kier alpha value is -1.74. The third kappa shape index (κ3) is 2.73. The highest BCUT2D eigenvalue weighted by Gasteiger charge is 2.15. The zero-order valence-electron chi connectivity index (χ0n) is 12.2. The minimum atomic E-state index is -0.282. The largest absolute Gasteiger partial charge is 0.313 e. The number of hydrogen-bond acceptors (Lipinski definition) is 1. The monoisotopic (exact) mass is 275 g/mol. The number of aryl methyl sites for hydroxylation is 2. The van der Waals surface area contributed by atoms with E-state index in [2.05, 4.69) is 5.32 Å². The van der Waals surface area contributed by atoms with Crippen LogP contribution in [0.4, 0.5) is 8.78 Å². The topological polar surface area (TPSA) is 12.0 Å². The van der Waals surface area contributed by atoms with Crippen molar-refractivity contribution in [3.63, 3.8) is 0 Å². The molecule has 0 heterocycles. The number of nitrogens with one attached hydrogen (secondary N) is 1. The third-order valence-corrected chi connectivity index (χ3v) is 3.68. The highest BCUT2D eigenvalue weighted by atomic mass is 19.1. The summed E-state index contributed by atoms with van der Waals surface area (Å²) in [5, 5.41) is 3.16. The zero-order chi connectivity index (χ0) is 14.9. The van der Waals surface area contributed by atoms with E-state index in [9.17, 15) is 8.78 Å². The van der Waals surface area contributed by atoms with E-state index in [1.54, 1.807) is 6.07 Å². The Morgan fingerprint density at radius 3 is 2.10 bits per heavy atom. The molecule has 0 spiro atoms. The first kappa shape index (κ1) is 14.7. The molecule has 2 aromatic carbocycles. The predicted octanol–water partition coefficient (Wildman–Crippen LogP) is 4.53. The molecule has 0 bridgehead atoms. The molecule has 0 aliphatic rings. The van der Waals surface area contributed by atoms with Gasteiger partial charge >= 0.3 is 0 Å². The van der Waals surface area contributed by atoms with Crippen LogP contribution in [-0.4, -0.2) is 7.05 Å². The summed E-state index contributed by atoms with van der Waals surface area (Å²) in [6.07, 6.45) is 0. The fourth-order valence-corrected chi connectivity index (χ4v) is 2.61. The molecule has 0 radical (unpaired) electrons. The highest BCUT2D eigenvalue weighted by Crippen LogP contribution is 2.34. The van der Waals surface area contributed by atoms with Gasteiger partial charge in [0, 0.05) is 6.04 Å². The lowest BCUT2D eigenvalue weighted by atomic mass is 9.89. The van der Waals surface area contributed by atoms with Gasteiger partial charge in [0.2, 0.25) is 0 Å². The van der Waals surface area contributed by atoms with Gasteiger partial charge < -0.3 is 5.32 Å². The lowest BCUT2D eigenvalue weighted by Crippen LogP contribution is -2.13. The third-order valence-electron chi connectivity index (χ3n) is 3.68. The van der Waals surface area contributed by atoms with E-state index in [-0.39, 0.29) is 17.7 Å². The Labute approximate surface area is 118 Å². The lowest BCUT2D eigenvalue weighted by Gasteiger charge is -2.19. The maximum Gasteiger partial charge on any atom is 0.123 e. The summed E-state index contributed by atoms with van der Waals surface area (Å²) in [7, 11) is 1.86. The van der Waals surface area contributed by atoms with Crippen LogP contribution in [0.5, 0.6) is 0 Å². The molecule has 0 aliphatic carbocycles. The molecular weight excluding hydrogens is 256 g/mol. The zero-order valence-corrected chi connectivity index (χ0v) is 12.2. The van der Waals surface area contributed by atoms with Crippen LogP contribution in [-0.2, 0) is 0 Å². The van der Waals surface area contributed by atoms with Crippen LogP contribution in [0.2, 0.25) is 0 Å². The molecule has 1 N–H and O–H groups in total. The van der Waals surface area contributed by atoms with E-state index in [0.29, 0.717) is 0 Å². The van der Waals surface area contributed by atoms with E-state index < -0.39 is 0 Å². The molecule has 3 heteroatoms. The number of halogens is 2. The quantitative estimate of drug-likeness (QED) is 0.867. The van der Waals surface area contributed by atoms with E-state index in [1.807, 2.05) is 27.8 Å². The van der Waals surface area contributed by atoms with Crippen molar-refractivity contribution in [1.82, 2.24) is 5.32 Å². The van der Waals surface area contributed by atoms with Crippen LogP contribution in [0.25, 0.3) is 11.1 Å². The molecule has 2 aromatic rings. The molecule has 0 aromatic heterocycles. The van der Waals surface area contributed by atoms with Gasteiger partial charge in [-0.2, -0.15) is 0 Å². The van der Waals surface area contributed by atoms with Gasteiger partial charge in [0.05, 0.1) is 0 Å². The molecule has 0 saturated heterocycles. The van der Waals surface area contributed by atoms with Gasteiger partial charge in [-0.15, -0.1) is 0 Å². The van der Waals surface area contributed by atoms with Crippen molar-refractivity contribution in [2.75, 3.05) is 7.05 Å². The SMILES string of the molecule is CNC(C)c1ccc(F)cc1-c1c(C)cc(F)cc1C. The number of benzene rings is 2. The second-order valence-corrected chi connectivity index (χ2v) is 5.16. The van der Waals surface area contributed by atoms with Gasteiger partial charge in [-0.05, 0) is 79.9 Å². The Bertz CT molecular complexity index is 612. The van der Waals surface area contributed by atoms with Crippen LogP contribution in [0.1, 0.15) is 29.7 Å². The van der Waals surface area contributed by atoms with E-state index in [4.69, 9.17) is 0 Å². The van der Waals surface area contributed by atoms with Crippen molar-refractivity contribution in [3.05, 3.63) is 58.7 Å². The van der Waals surface area contributed by atoms with Gasteiger partial charge in [-0.3, -0.25) is 0 Å². The van der Waals surface area contributed by atoms with Crippen LogP contribution >= 0.6 is 0 Å². The molecule has 2 rings (SSSR count). The summed E-state index contributed by atoms with van der Waals surface area (Å²) in [6, 6.07) is 7.84. The van der Waals surface area contributed by atoms with Crippen molar-refractivity contribution >= 4 is 0 Å². The van der Waals surface area contributed by atoms with E-state index in [0.717, 1.165) is 27.8 Å². The molecule has 0 saturated carbocycles. The lowest BCUT2D eigenvalue weighted by molar-refractivity contribution is 0.619. The van der Waals surface area contributed by atoms with Crippen LogP contribution in [0, 0.1) is 25.5 Å². The molecule has 0 aliphatic heterocycles. The minimum absolute atomic E-state index is 0.0921. The Kier molecular flexibility index (Phi) is 4.19. The summed E-state index contributed by atoms with van der Waals surface area (Å²) in [6.45, 7) is 5.72. The molecule has 1 nitrogen and oxygen atoms in total. The molecule has 0 amide bonds. The smallest absolute Gasteiger partial charge is 0.123 e. The summed E-state index contributed by atoms with van der Waals surface area (Å²) < 4.78 is 27.1. The van der Waals surface area contributed by atoms with Crippen LogP contribution < -0.4 is 5.32 Å². The standard InChI is InChI=1S/C17H19F2N/c1-10-7-14(19)8-11(2)17(10)16-9-13(18)5-6-15(16)12(3)20-4/h5-9,12,20H,1-4H3. The van der Waals surface area contributed by atoms with Crippen LogP contribution in [0.15, 0.2) is 30.3 Å². The Morgan fingerprint density at radius 1 is 0.950 bits per heavy atom. The molecule has 1 atom stereocenters. The van der Waals surface area contributed by atoms with Crippen molar-refractivity contribution in [1.29, 1.82) is 0 Å². The van der Waals surface area contributed by atoms with Gasteiger partial charge in [0.25, 0.3) is 0 Å². The van der Waals surface area contributed by atoms with Gasteiger partial charge in [-0.25, -0.2) is 8.78 Å². The fraction of sp³-hybridized carbons (Fsp3) is 0.294. The minimum Gasteiger partial charge on any atom is -0.313 e. The average Bonchev–Trinajstić information content (AvgIpc) is 2.37. The normalized spacial score (nSPS) is 12.5. The summed E-state index contributed by atoms with van der Waals surface area (Å²) in [4.78, 5) is 0. The molecule has 1 unspecified atom stereocenters. The fourth-order valence-electron chi connectivity index (χ4n) is 2.61. The maximum absolute atomic E-state index is 13.6. The van der Waals surface area contributed by atoms with Gasteiger partial charge in [-0.1, -0.05) is 6.07 Å². The maximum atomic E-state index is 13.6. The first-order chi connectivity index (χ1) is 9.43. The first-order valence-electron chi connectivity index (χ1n) is 6.68. The molecular formula is C17H19F2N. The van der Waals surface area contributed by atoms with Gasteiger partial charge in [0.1, 0.15) is 11.6 Å². The van der Waals surface area contributed by atoms with Crippen LogP contribution in [0.3, 0.4) is 0 Å². The molecule has 0 fully saturated rings. The molecule has 20 heavy (non-hydrogen) atoms. The van der Waals surface area contributed by atoms with Crippen molar-refractivity contribution in [2.24, 2.45) is 0 Å². The van der Waals surface area contributed by atoms with Gasteiger partial charge in [0.15, 0.2) is 0 Å². The highest BCUT2D eigenvalue weighted by molar-refractivity contribution is 5.74. The van der Waals surface area contributed by atoms with Crippen molar-refractivity contribution in [3.8, 4) is 11.1 Å². The summed E-state index contributed by atoms with van der Waals surface area (Å²) in [5.74, 6) is -0.543.